The van der Waals surface area contributed by atoms with Crippen LogP contribution < -0.4 is 0 Å². The van der Waals surface area contributed by atoms with Gasteiger partial charge in [-0.15, -0.1) is 0 Å². The van der Waals surface area contributed by atoms with Gasteiger partial charge in [0, 0.05) is 99.0 Å². The van der Waals surface area contributed by atoms with E-state index in [1.807, 2.05) is 121 Å². The van der Waals surface area contributed by atoms with Gasteiger partial charge in [-0.2, -0.15) is 0 Å². The van der Waals surface area contributed by atoms with Crippen molar-refractivity contribution in [2.75, 3.05) is 0 Å². The highest BCUT2D eigenvalue weighted by atomic mass is 16.3. The third-order valence-corrected chi connectivity index (χ3v) is 22.5. The Morgan fingerprint density at radius 1 is 0.161 bits per heavy atom. The largest absolute Gasteiger partial charge is 0.455 e. The molecule has 0 spiro atoms. The van der Waals surface area contributed by atoms with Gasteiger partial charge < -0.3 is 18.0 Å². The highest BCUT2D eigenvalue weighted by Crippen LogP contribution is 2.45. The van der Waals surface area contributed by atoms with E-state index >= 15 is 0 Å². The quantitative estimate of drug-likeness (QED) is 0.112. The number of nitrogens with zero attached hydrogens (tertiary/aromatic N) is 8. The summed E-state index contributed by atoms with van der Waals surface area (Å²) < 4.78 is 17.7. The van der Waals surface area contributed by atoms with Crippen molar-refractivity contribution in [2.24, 2.45) is 0 Å². The molecule has 10 nitrogen and oxygen atoms in total. The lowest BCUT2D eigenvalue weighted by Gasteiger charge is -2.12. The molecule has 0 N–H and O–H groups in total. The van der Waals surface area contributed by atoms with Gasteiger partial charge in [0.25, 0.3) is 0 Å². The fraction of sp³-hybridized carbons (Fsp3) is 0. The van der Waals surface area contributed by atoms with Crippen LogP contribution >= 0.6 is 0 Å². The summed E-state index contributed by atoms with van der Waals surface area (Å²) >= 11 is 0. The number of aromatic nitrogens is 8. The van der Waals surface area contributed by atoms with Crippen LogP contribution in [0, 0.1) is 0 Å². The number of rotatable bonds is 13. The van der Waals surface area contributed by atoms with Crippen LogP contribution in [-0.4, -0.2) is 39.0 Å². The number of hydrogen-bond acceptors (Lipinski definition) is 8. The van der Waals surface area contributed by atoms with Crippen molar-refractivity contribution < 1.29 is 8.83 Å². The zero-order chi connectivity index (χ0) is 78.0. The molecule has 10 heteroatoms. The Labute approximate surface area is 678 Å². The minimum Gasteiger partial charge on any atom is -0.455 e. The lowest BCUT2D eigenvalue weighted by Crippen LogP contribution is -2.01. The summed E-state index contributed by atoms with van der Waals surface area (Å²) in [5.74, 6) is 3.74. The van der Waals surface area contributed by atoms with Gasteiger partial charge in [0.2, 0.25) is 0 Å². The van der Waals surface area contributed by atoms with Crippen molar-refractivity contribution in [3.05, 3.63) is 413 Å². The molecule has 6 aromatic heterocycles. The molecule has 552 valence electrons. The third-order valence-electron chi connectivity index (χ3n) is 22.5. The molecule has 0 saturated heterocycles. The third kappa shape index (κ3) is 12.5. The number of furan rings is 2. The zero-order valence-corrected chi connectivity index (χ0v) is 63.7. The van der Waals surface area contributed by atoms with E-state index in [0.717, 1.165) is 166 Å². The SMILES string of the molecule is c1ccc(-c2ccc3c(c2)c2cc(-c4cccc5c4oc4ccccc45)ccc2n3-c2cccc(-c3nc(-c4ccccc4)nc(-c4ccccc4)n3)c2)cc1.c1ccc(-c2cccc(-c3nc(-c4ccccc4)nc(-c4cccc(-n5c6ccc(-c7ccccc7)cc6c6cc(-c7cccc8c7oc7ccccc78)ccc65)c4)n3)c2)cc1. The molecule has 118 heavy (non-hydrogen) atoms. The molecule has 0 radical (unpaired) electrons. The highest BCUT2D eigenvalue weighted by molar-refractivity contribution is 6.16. The van der Waals surface area contributed by atoms with E-state index in [1.54, 1.807) is 0 Å². The van der Waals surface area contributed by atoms with Crippen LogP contribution in [0.15, 0.2) is 421 Å². The predicted octanol–water partition coefficient (Wildman–Crippen LogP) is 28.1. The van der Waals surface area contributed by atoms with E-state index in [9.17, 15) is 0 Å². The molecule has 0 unspecified atom stereocenters. The van der Waals surface area contributed by atoms with E-state index in [-0.39, 0.29) is 0 Å². The van der Waals surface area contributed by atoms with Gasteiger partial charge in [-0.3, -0.25) is 0 Å². The van der Waals surface area contributed by atoms with Crippen LogP contribution in [0.3, 0.4) is 0 Å². The Kier molecular flexibility index (Phi) is 17.0. The maximum atomic E-state index is 6.52. The molecule has 0 aliphatic carbocycles. The van der Waals surface area contributed by atoms with Crippen molar-refractivity contribution >= 4 is 87.5 Å². The van der Waals surface area contributed by atoms with Crippen molar-refractivity contribution in [1.29, 1.82) is 0 Å². The van der Waals surface area contributed by atoms with Gasteiger partial charge >= 0.3 is 0 Å². The molecule has 0 bridgehead atoms. The first-order valence-corrected chi connectivity index (χ1v) is 39.6. The zero-order valence-electron chi connectivity index (χ0n) is 63.7. The second-order valence-electron chi connectivity index (χ2n) is 29.6. The number of benzene rings is 17. The standard InChI is InChI=1S/C57H36N4O.C51H32N4O/c1-4-15-37(16-5-1)40-21-12-22-43(33-40)56-58-55(39-19-8-3-9-20-39)59-57(60-56)44-23-13-24-45(34-44)61-51-31-29-41(38-17-6-2-7-18-38)35-49(51)50-36-42(30-32-52(50)61)46-26-14-27-48-47-25-10-11-28-53(47)62-54(46)48;1-4-14-33(15-5-1)36-26-28-45-43(31-36)44-32-37(40-23-13-24-42-41-22-10-11-25-47(41)56-48(40)42)27-29-46(44)55(45)39-21-12-20-38(30-39)51-53-49(34-16-6-2-7-17-34)52-50(54-51)35-18-8-3-9-19-35/h1-36H;1-32H. The van der Waals surface area contributed by atoms with Gasteiger partial charge in [-0.1, -0.05) is 322 Å². The van der Waals surface area contributed by atoms with Crippen molar-refractivity contribution in [2.45, 2.75) is 0 Å². The maximum Gasteiger partial charge on any atom is 0.164 e. The predicted molar refractivity (Wildman–Crippen MR) is 483 cm³/mol. The van der Waals surface area contributed by atoms with Crippen molar-refractivity contribution in [3.63, 3.8) is 0 Å². The summed E-state index contributed by atoms with van der Waals surface area (Å²) in [5, 5.41) is 9.13. The Balaban J connectivity index is 0.000000143. The van der Waals surface area contributed by atoms with Crippen LogP contribution in [0.1, 0.15) is 0 Å². The van der Waals surface area contributed by atoms with Crippen molar-refractivity contribution in [3.8, 4) is 135 Å². The van der Waals surface area contributed by atoms with Gasteiger partial charge in [0.15, 0.2) is 34.9 Å². The summed E-state index contributed by atoms with van der Waals surface area (Å²) in [5.41, 5.74) is 26.8. The molecule has 0 aliphatic heterocycles. The topological polar surface area (TPSA) is 113 Å². The van der Waals surface area contributed by atoms with Crippen LogP contribution in [0.5, 0.6) is 0 Å². The molecule has 17 aromatic carbocycles. The Hall–Kier alpha value is -16.0. The lowest BCUT2D eigenvalue weighted by atomic mass is 9.99. The first-order valence-electron chi connectivity index (χ1n) is 39.6. The molecule has 6 heterocycles. The minimum atomic E-state index is 0.606. The van der Waals surface area contributed by atoms with E-state index in [1.165, 1.54) is 22.1 Å². The first-order chi connectivity index (χ1) is 58.5. The summed E-state index contributed by atoms with van der Waals surface area (Å²) in [6, 6.07) is 144. The lowest BCUT2D eigenvalue weighted by molar-refractivity contribution is 0.669. The average molecular weight is 1510 g/mol. The molecule has 0 saturated carbocycles. The van der Waals surface area contributed by atoms with E-state index in [4.69, 9.17) is 38.7 Å². The van der Waals surface area contributed by atoms with Gasteiger partial charge in [-0.25, -0.2) is 29.9 Å². The molecule has 0 amide bonds. The minimum absolute atomic E-state index is 0.606. The molecular formula is C108H68N8O2. The molecule has 23 rings (SSSR count). The summed E-state index contributed by atoms with van der Waals surface area (Å²) in [6.07, 6.45) is 0. The van der Waals surface area contributed by atoms with Crippen LogP contribution in [-0.2, 0) is 0 Å². The average Bonchev–Trinajstić information content (AvgIpc) is 1.58. The van der Waals surface area contributed by atoms with Gasteiger partial charge in [-0.05, 0) is 136 Å². The summed E-state index contributed by atoms with van der Waals surface area (Å²) in [6.45, 7) is 0. The molecule has 0 fully saturated rings. The fourth-order valence-corrected chi connectivity index (χ4v) is 16.8. The first kappa shape index (κ1) is 68.7. The van der Waals surface area contributed by atoms with Crippen LogP contribution in [0.4, 0.5) is 0 Å². The molecule has 23 aromatic rings. The smallest absolute Gasteiger partial charge is 0.164 e. The summed E-state index contributed by atoms with van der Waals surface area (Å²) in [4.78, 5) is 30.3. The normalized spacial score (nSPS) is 11.6. The Bertz CT molecular complexity index is 7730. The monoisotopic (exact) mass is 1510 g/mol. The molecular weight excluding hydrogens is 1440 g/mol. The van der Waals surface area contributed by atoms with Gasteiger partial charge in [0.1, 0.15) is 22.3 Å². The molecule has 0 atom stereocenters. The second-order valence-corrected chi connectivity index (χ2v) is 29.6. The Morgan fingerprint density at radius 3 is 0.780 bits per heavy atom. The van der Waals surface area contributed by atoms with Crippen LogP contribution in [0.2, 0.25) is 0 Å². The maximum absolute atomic E-state index is 6.52. The van der Waals surface area contributed by atoms with E-state index in [0.29, 0.717) is 34.9 Å². The molecule has 0 aliphatic rings. The van der Waals surface area contributed by atoms with Crippen molar-refractivity contribution in [1.82, 2.24) is 39.0 Å². The van der Waals surface area contributed by atoms with Gasteiger partial charge in [0.05, 0.1) is 22.1 Å². The van der Waals surface area contributed by atoms with E-state index in [2.05, 4.69) is 300 Å². The Morgan fingerprint density at radius 2 is 0.415 bits per heavy atom. The van der Waals surface area contributed by atoms with Crippen LogP contribution in [0.25, 0.3) is 223 Å². The second kappa shape index (κ2) is 29.2. The highest BCUT2D eigenvalue weighted by Gasteiger charge is 2.23. The number of fused-ring (bicyclic) bond motifs is 12. The number of para-hydroxylation sites is 4. The van der Waals surface area contributed by atoms with E-state index < -0.39 is 0 Å². The number of hydrogen-bond donors (Lipinski definition) is 0. The summed E-state index contributed by atoms with van der Waals surface area (Å²) in [7, 11) is 0. The fourth-order valence-electron chi connectivity index (χ4n) is 16.8.